The zero-order valence-electron chi connectivity index (χ0n) is 18.7. The summed E-state index contributed by atoms with van der Waals surface area (Å²) in [6.07, 6.45) is 8.84. The van der Waals surface area contributed by atoms with Crippen molar-refractivity contribution in [3.05, 3.63) is 55.1 Å². The molecule has 0 aliphatic rings. The first kappa shape index (κ1) is 20.3. The van der Waals surface area contributed by atoms with Crippen LogP contribution in [-0.4, -0.2) is 39.6 Å². The van der Waals surface area contributed by atoms with Crippen molar-refractivity contribution in [3.8, 4) is 22.4 Å². The van der Waals surface area contributed by atoms with E-state index in [2.05, 4.69) is 62.4 Å². The maximum absolute atomic E-state index is 10.1. The van der Waals surface area contributed by atoms with Crippen LogP contribution in [0.5, 0.6) is 0 Å². The molecule has 0 saturated heterocycles. The number of nitrogens with one attached hydrogen (secondary N) is 1. The van der Waals surface area contributed by atoms with Crippen molar-refractivity contribution < 1.29 is 5.11 Å². The quantitative estimate of drug-likeness (QED) is 0.442. The maximum atomic E-state index is 10.1. The van der Waals surface area contributed by atoms with Crippen LogP contribution in [-0.2, 0) is 11.1 Å². The van der Waals surface area contributed by atoms with Gasteiger partial charge in [-0.2, -0.15) is 0 Å². The number of hydrogen-bond donors (Lipinski definition) is 2. The monoisotopic (exact) mass is 427 g/mol. The van der Waals surface area contributed by atoms with Gasteiger partial charge in [0.1, 0.15) is 11.1 Å². The van der Waals surface area contributed by atoms with Gasteiger partial charge in [-0.25, -0.2) is 24.9 Å². The molecule has 0 aliphatic carbocycles. The van der Waals surface area contributed by atoms with Gasteiger partial charge < -0.3 is 14.7 Å². The molecule has 2 N–H and O–H groups in total. The third kappa shape index (κ3) is 3.42. The first-order chi connectivity index (χ1) is 15.1. The molecule has 0 saturated carbocycles. The highest BCUT2D eigenvalue weighted by molar-refractivity contribution is 5.94. The van der Waals surface area contributed by atoms with Crippen LogP contribution in [0.1, 0.15) is 40.4 Å². The second-order valence-electron chi connectivity index (χ2n) is 9.50. The highest BCUT2D eigenvalue weighted by Gasteiger charge is 2.20. The van der Waals surface area contributed by atoms with Crippen LogP contribution in [0.15, 0.2) is 49.3 Å². The Labute approximate surface area is 185 Å². The van der Waals surface area contributed by atoms with Gasteiger partial charge in [0.25, 0.3) is 0 Å². The van der Waals surface area contributed by atoms with Crippen molar-refractivity contribution in [1.29, 1.82) is 0 Å². The Balaban J connectivity index is 1.60. The van der Waals surface area contributed by atoms with Crippen LogP contribution in [0.25, 0.3) is 44.6 Å². The number of aliphatic hydroxyl groups is 1. The summed E-state index contributed by atoms with van der Waals surface area (Å²) < 4.78 is 2.18. The highest BCUT2D eigenvalue weighted by atomic mass is 16.3. The summed E-state index contributed by atoms with van der Waals surface area (Å²) >= 11 is 0. The molecule has 1 aromatic carbocycles. The van der Waals surface area contributed by atoms with Crippen molar-refractivity contribution >= 4 is 22.2 Å². The maximum Gasteiger partial charge on any atom is 0.159 e. The number of imidazole rings is 1. The fraction of sp³-hybridized carbons (Fsp3) is 0.292. The number of H-pyrrole nitrogens is 1. The molecule has 0 atom stereocenters. The van der Waals surface area contributed by atoms with E-state index in [1.165, 1.54) is 0 Å². The van der Waals surface area contributed by atoms with Crippen molar-refractivity contribution in [1.82, 2.24) is 34.5 Å². The van der Waals surface area contributed by atoms with E-state index >= 15 is 0 Å². The molecule has 5 aromatic rings. The van der Waals surface area contributed by atoms with Crippen LogP contribution in [0.2, 0.25) is 0 Å². The van der Waals surface area contributed by atoms with Gasteiger partial charge in [0.05, 0.1) is 29.3 Å². The van der Waals surface area contributed by atoms with Gasteiger partial charge in [-0.1, -0.05) is 6.07 Å². The zero-order chi connectivity index (χ0) is 22.7. The van der Waals surface area contributed by atoms with E-state index < -0.39 is 5.60 Å². The van der Waals surface area contributed by atoms with Crippen molar-refractivity contribution in [2.45, 2.75) is 45.8 Å². The SMILES string of the molecule is CC(C)(O)c1ncc(-c2cnc3[nH]cc(-c4ccc5ncn(C(C)(C)C)c5c4)c3n2)cn1. The molecule has 0 fully saturated rings. The second kappa shape index (κ2) is 6.93. The van der Waals surface area contributed by atoms with Gasteiger partial charge >= 0.3 is 0 Å². The summed E-state index contributed by atoms with van der Waals surface area (Å²) in [4.78, 5) is 25.7. The highest BCUT2D eigenvalue weighted by Crippen LogP contribution is 2.31. The number of nitrogens with zero attached hydrogens (tertiary/aromatic N) is 6. The first-order valence-electron chi connectivity index (χ1n) is 10.5. The average molecular weight is 428 g/mol. The third-order valence-corrected chi connectivity index (χ3v) is 5.46. The fourth-order valence-electron chi connectivity index (χ4n) is 3.74. The number of aromatic nitrogens is 7. The molecule has 4 heterocycles. The van der Waals surface area contributed by atoms with Crippen molar-refractivity contribution in [2.75, 3.05) is 0 Å². The van der Waals surface area contributed by atoms with Gasteiger partial charge in [-0.15, -0.1) is 0 Å². The second-order valence-corrected chi connectivity index (χ2v) is 9.50. The average Bonchev–Trinajstić information content (AvgIpc) is 3.36. The molecule has 0 unspecified atom stereocenters. The van der Waals surface area contributed by atoms with Gasteiger partial charge in [0.15, 0.2) is 11.5 Å². The van der Waals surface area contributed by atoms with Crippen molar-refractivity contribution in [3.63, 3.8) is 0 Å². The van der Waals surface area contributed by atoms with E-state index in [0.29, 0.717) is 17.2 Å². The molecule has 32 heavy (non-hydrogen) atoms. The van der Waals surface area contributed by atoms with E-state index in [1.807, 2.05) is 18.6 Å². The first-order valence-corrected chi connectivity index (χ1v) is 10.5. The summed E-state index contributed by atoms with van der Waals surface area (Å²) in [7, 11) is 0. The van der Waals surface area contributed by atoms with Crippen LogP contribution in [0, 0.1) is 0 Å². The van der Waals surface area contributed by atoms with E-state index in [-0.39, 0.29) is 5.54 Å². The predicted octanol–water partition coefficient (Wildman–Crippen LogP) is 4.41. The van der Waals surface area contributed by atoms with Crippen LogP contribution >= 0.6 is 0 Å². The molecule has 0 bridgehead atoms. The summed E-state index contributed by atoms with van der Waals surface area (Å²) in [6.45, 7) is 9.80. The van der Waals surface area contributed by atoms with Crippen LogP contribution in [0.3, 0.4) is 0 Å². The molecule has 0 radical (unpaired) electrons. The lowest BCUT2D eigenvalue weighted by atomic mass is 10.1. The lowest BCUT2D eigenvalue weighted by Crippen LogP contribution is -2.20. The molecule has 8 heteroatoms. The molecule has 0 spiro atoms. The number of rotatable bonds is 3. The Hall–Kier alpha value is -3.65. The van der Waals surface area contributed by atoms with Gasteiger partial charge in [0.2, 0.25) is 0 Å². The molecule has 0 amide bonds. The Bertz CT molecular complexity index is 1430. The molecule has 162 valence electrons. The van der Waals surface area contributed by atoms with Gasteiger partial charge in [-0.05, 0) is 52.3 Å². The largest absolute Gasteiger partial charge is 0.382 e. The summed E-state index contributed by atoms with van der Waals surface area (Å²) in [5, 5.41) is 10.1. The number of fused-ring (bicyclic) bond motifs is 2. The van der Waals surface area contributed by atoms with E-state index in [4.69, 9.17) is 4.98 Å². The molecular formula is C24H25N7O. The number of hydrogen-bond acceptors (Lipinski definition) is 6. The third-order valence-electron chi connectivity index (χ3n) is 5.46. The summed E-state index contributed by atoms with van der Waals surface area (Å²) in [6, 6.07) is 6.23. The Morgan fingerprint density at radius 1 is 0.906 bits per heavy atom. The standard InChI is InChI=1S/C24H25N7O/c1-23(2,3)31-13-29-17-7-6-14(8-19(17)31)16-11-25-21-20(16)30-18(12-26-21)15-9-27-22(28-10-15)24(4,5)32/h6-13,32H,1-5H3,(H,25,26). The van der Waals surface area contributed by atoms with Gasteiger partial charge in [0, 0.05) is 35.3 Å². The Morgan fingerprint density at radius 2 is 1.66 bits per heavy atom. The molecule has 8 nitrogen and oxygen atoms in total. The minimum Gasteiger partial charge on any atom is -0.382 e. The fourth-order valence-corrected chi connectivity index (χ4v) is 3.74. The topological polar surface area (TPSA) is 105 Å². The minimum absolute atomic E-state index is 0.0736. The van der Waals surface area contributed by atoms with E-state index in [0.717, 1.165) is 33.2 Å². The normalized spacial score (nSPS) is 12.7. The van der Waals surface area contributed by atoms with Crippen LogP contribution < -0.4 is 0 Å². The Kier molecular flexibility index (Phi) is 4.39. The number of benzene rings is 1. The van der Waals surface area contributed by atoms with E-state index in [9.17, 15) is 5.11 Å². The lowest BCUT2D eigenvalue weighted by Gasteiger charge is -2.21. The zero-order valence-corrected chi connectivity index (χ0v) is 18.7. The van der Waals surface area contributed by atoms with E-state index in [1.54, 1.807) is 32.4 Å². The molecule has 5 rings (SSSR count). The molecular weight excluding hydrogens is 402 g/mol. The number of aromatic amines is 1. The summed E-state index contributed by atoms with van der Waals surface area (Å²) in [5.74, 6) is 0.362. The lowest BCUT2D eigenvalue weighted by molar-refractivity contribution is 0.0687. The smallest absolute Gasteiger partial charge is 0.159 e. The molecule has 4 aromatic heterocycles. The summed E-state index contributed by atoms with van der Waals surface area (Å²) in [5.41, 5.74) is 5.75. The van der Waals surface area contributed by atoms with Gasteiger partial charge in [-0.3, -0.25) is 0 Å². The predicted molar refractivity (Wildman–Crippen MR) is 124 cm³/mol. The molecule has 0 aliphatic heterocycles. The van der Waals surface area contributed by atoms with Crippen molar-refractivity contribution in [2.24, 2.45) is 0 Å². The minimum atomic E-state index is -1.10. The van der Waals surface area contributed by atoms with Crippen LogP contribution in [0.4, 0.5) is 0 Å². The Morgan fingerprint density at radius 3 is 2.34 bits per heavy atom.